The Kier molecular flexibility index (Phi) is 5.94. The Morgan fingerprint density at radius 3 is 2.83 bits per heavy atom. The van der Waals surface area contributed by atoms with Crippen molar-refractivity contribution in [1.82, 2.24) is 20.1 Å². The van der Waals surface area contributed by atoms with Crippen LogP contribution in [0.25, 0.3) is 11.5 Å². The van der Waals surface area contributed by atoms with Gasteiger partial charge in [0.1, 0.15) is 0 Å². The van der Waals surface area contributed by atoms with E-state index in [-0.39, 0.29) is 17.9 Å². The van der Waals surface area contributed by atoms with E-state index in [0.29, 0.717) is 21.9 Å². The first-order valence-electron chi connectivity index (χ1n) is 9.56. The molecular formula is C20H22ClN5O2S. The van der Waals surface area contributed by atoms with E-state index in [1.165, 1.54) is 11.3 Å². The van der Waals surface area contributed by atoms with Crippen LogP contribution in [0.5, 0.6) is 0 Å². The molecule has 29 heavy (non-hydrogen) atoms. The molecule has 4 rings (SSSR count). The zero-order chi connectivity index (χ0) is 20.4. The minimum Gasteiger partial charge on any atom is -0.419 e. The first-order chi connectivity index (χ1) is 14.0. The maximum absolute atomic E-state index is 12.5. The van der Waals surface area contributed by atoms with Crippen molar-refractivity contribution in [1.29, 1.82) is 0 Å². The summed E-state index contributed by atoms with van der Waals surface area (Å²) in [5.74, 6) is 1.07. The highest BCUT2D eigenvalue weighted by Crippen LogP contribution is 2.29. The molecule has 1 aliphatic rings. The van der Waals surface area contributed by atoms with Crippen LogP contribution in [0, 0.1) is 12.8 Å². The molecule has 1 aliphatic heterocycles. The molecule has 1 aromatic carbocycles. The molecule has 152 valence electrons. The third-order valence-electron chi connectivity index (χ3n) is 5.17. The number of nitrogens with zero attached hydrogens (tertiary/aromatic N) is 4. The van der Waals surface area contributed by atoms with Gasteiger partial charge in [-0.3, -0.25) is 9.69 Å². The normalized spacial score (nSPS) is 16.7. The Hall–Kier alpha value is -2.29. The van der Waals surface area contributed by atoms with Gasteiger partial charge in [0, 0.05) is 21.9 Å². The molecule has 2 aromatic heterocycles. The number of carbonyl (C=O) groups excluding carboxylic acids is 1. The highest BCUT2D eigenvalue weighted by Gasteiger charge is 2.30. The van der Waals surface area contributed by atoms with Crippen LogP contribution < -0.4 is 5.32 Å². The number of benzene rings is 1. The molecular weight excluding hydrogens is 410 g/mol. The molecule has 1 saturated heterocycles. The summed E-state index contributed by atoms with van der Waals surface area (Å²) >= 11 is 7.50. The largest absolute Gasteiger partial charge is 0.419 e. The smallest absolute Gasteiger partial charge is 0.247 e. The van der Waals surface area contributed by atoms with Crippen molar-refractivity contribution in [2.45, 2.75) is 32.7 Å². The molecule has 3 aromatic rings. The van der Waals surface area contributed by atoms with Crippen molar-refractivity contribution in [3.05, 3.63) is 46.3 Å². The van der Waals surface area contributed by atoms with Crippen LogP contribution >= 0.6 is 22.9 Å². The van der Waals surface area contributed by atoms with Gasteiger partial charge in [0.2, 0.25) is 17.7 Å². The Bertz CT molecular complexity index is 996. The molecule has 0 saturated carbocycles. The number of halogens is 1. The predicted molar refractivity (Wildman–Crippen MR) is 113 cm³/mol. The first-order valence-corrected chi connectivity index (χ1v) is 10.8. The molecule has 7 nitrogen and oxygen atoms in total. The van der Waals surface area contributed by atoms with Crippen LogP contribution in [0.4, 0.5) is 5.13 Å². The second-order valence-electron chi connectivity index (χ2n) is 7.23. The van der Waals surface area contributed by atoms with Crippen molar-refractivity contribution < 1.29 is 9.21 Å². The molecule has 1 atom stereocenters. The first kappa shape index (κ1) is 20.0. The molecule has 1 fully saturated rings. The minimum atomic E-state index is -0.0129. The Morgan fingerprint density at radius 2 is 2.14 bits per heavy atom. The SMILES string of the molecule is Cc1csc(NC(=O)C2CCN(C(C)c3nnc(-c4cccc(Cl)c4)o3)CC2)n1. The van der Waals surface area contributed by atoms with Crippen LogP contribution in [-0.2, 0) is 4.79 Å². The molecule has 0 aliphatic carbocycles. The van der Waals surface area contributed by atoms with Gasteiger partial charge in [0.05, 0.1) is 11.7 Å². The second-order valence-corrected chi connectivity index (χ2v) is 8.52. The van der Waals surface area contributed by atoms with Crippen LogP contribution in [0.2, 0.25) is 5.02 Å². The maximum atomic E-state index is 12.5. The lowest BCUT2D eigenvalue weighted by Gasteiger charge is -2.33. The summed E-state index contributed by atoms with van der Waals surface area (Å²) in [5.41, 5.74) is 1.72. The molecule has 9 heteroatoms. The van der Waals surface area contributed by atoms with Crippen LogP contribution in [0.3, 0.4) is 0 Å². The van der Waals surface area contributed by atoms with E-state index in [1.807, 2.05) is 31.4 Å². The van der Waals surface area contributed by atoms with Crippen molar-refractivity contribution in [2.75, 3.05) is 18.4 Å². The van der Waals surface area contributed by atoms with Gasteiger partial charge in [0.15, 0.2) is 5.13 Å². The van der Waals surface area contributed by atoms with Crippen LogP contribution in [-0.4, -0.2) is 39.1 Å². The summed E-state index contributed by atoms with van der Waals surface area (Å²) in [6.45, 7) is 5.56. The molecule has 1 N–H and O–H groups in total. The standard InChI is InChI=1S/C20H22ClN5O2S/c1-12-11-29-20(22-12)23-17(27)14-6-8-26(9-7-14)13(2)18-24-25-19(28-18)15-4-3-5-16(21)10-15/h3-5,10-11,13-14H,6-9H2,1-2H3,(H,22,23,27). The number of nitrogens with one attached hydrogen (secondary N) is 1. The summed E-state index contributed by atoms with van der Waals surface area (Å²) in [6.07, 6.45) is 1.58. The van der Waals surface area contributed by atoms with E-state index in [9.17, 15) is 4.79 Å². The average Bonchev–Trinajstić information content (AvgIpc) is 3.37. The topological polar surface area (TPSA) is 84.2 Å². The van der Waals surface area contributed by atoms with Gasteiger partial charge in [0.25, 0.3) is 0 Å². The van der Waals surface area contributed by atoms with Crippen LogP contribution in [0.15, 0.2) is 34.1 Å². The van der Waals surface area contributed by atoms with Gasteiger partial charge in [-0.05, 0) is 58.0 Å². The summed E-state index contributed by atoms with van der Waals surface area (Å²) in [7, 11) is 0. The molecule has 0 spiro atoms. The number of hydrogen-bond acceptors (Lipinski definition) is 7. The molecule has 3 heterocycles. The number of hydrogen-bond donors (Lipinski definition) is 1. The monoisotopic (exact) mass is 431 g/mol. The number of thiazole rings is 1. The Balaban J connectivity index is 1.34. The fourth-order valence-corrected chi connectivity index (χ4v) is 4.35. The molecule has 1 amide bonds. The predicted octanol–water partition coefficient (Wildman–Crippen LogP) is 4.57. The van der Waals surface area contributed by atoms with Gasteiger partial charge >= 0.3 is 0 Å². The maximum Gasteiger partial charge on any atom is 0.247 e. The quantitative estimate of drug-likeness (QED) is 0.637. The number of anilines is 1. The molecule has 1 unspecified atom stereocenters. The van der Waals surface area contributed by atoms with Crippen molar-refractivity contribution >= 4 is 34.0 Å². The van der Waals surface area contributed by atoms with Gasteiger partial charge in [-0.1, -0.05) is 17.7 Å². The Morgan fingerprint density at radius 1 is 1.34 bits per heavy atom. The van der Waals surface area contributed by atoms with Crippen LogP contribution in [0.1, 0.15) is 37.4 Å². The lowest BCUT2D eigenvalue weighted by atomic mass is 9.95. The van der Waals surface area contributed by atoms with E-state index < -0.39 is 0 Å². The number of rotatable bonds is 5. The molecule has 0 radical (unpaired) electrons. The lowest BCUT2D eigenvalue weighted by molar-refractivity contribution is -0.121. The van der Waals surface area contributed by atoms with Crippen molar-refractivity contribution in [3.63, 3.8) is 0 Å². The van der Waals surface area contributed by atoms with Crippen molar-refractivity contribution in [2.24, 2.45) is 5.92 Å². The highest BCUT2D eigenvalue weighted by molar-refractivity contribution is 7.13. The van der Waals surface area contributed by atoms with E-state index in [0.717, 1.165) is 37.2 Å². The summed E-state index contributed by atoms with van der Waals surface area (Å²) in [4.78, 5) is 19.1. The van der Waals surface area contributed by atoms with E-state index in [2.05, 4.69) is 25.4 Å². The van der Waals surface area contributed by atoms with Gasteiger partial charge in [-0.15, -0.1) is 21.5 Å². The highest BCUT2D eigenvalue weighted by atomic mass is 35.5. The molecule has 0 bridgehead atoms. The van der Waals surface area contributed by atoms with Gasteiger partial charge in [-0.2, -0.15) is 0 Å². The third kappa shape index (κ3) is 4.66. The van der Waals surface area contributed by atoms with Gasteiger partial charge < -0.3 is 9.73 Å². The average molecular weight is 432 g/mol. The van der Waals surface area contributed by atoms with E-state index in [1.54, 1.807) is 12.1 Å². The van der Waals surface area contributed by atoms with E-state index >= 15 is 0 Å². The van der Waals surface area contributed by atoms with Gasteiger partial charge in [-0.25, -0.2) is 4.98 Å². The fourth-order valence-electron chi connectivity index (χ4n) is 3.47. The fraction of sp³-hybridized carbons (Fsp3) is 0.400. The minimum absolute atomic E-state index is 0.00707. The third-order valence-corrected chi connectivity index (χ3v) is 6.28. The Labute approximate surface area is 178 Å². The zero-order valence-corrected chi connectivity index (χ0v) is 17.8. The number of carbonyl (C=O) groups is 1. The number of likely N-dealkylation sites (tertiary alicyclic amines) is 1. The summed E-state index contributed by atoms with van der Waals surface area (Å²) in [5, 5.41) is 14.5. The zero-order valence-electron chi connectivity index (χ0n) is 16.3. The number of amides is 1. The summed E-state index contributed by atoms with van der Waals surface area (Å²) in [6, 6.07) is 7.34. The van der Waals surface area contributed by atoms with Crippen molar-refractivity contribution in [3.8, 4) is 11.5 Å². The lowest BCUT2D eigenvalue weighted by Crippen LogP contribution is -2.39. The second kappa shape index (κ2) is 8.61. The summed E-state index contributed by atoms with van der Waals surface area (Å²) < 4.78 is 5.89. The number of aromatic nitrogens is 3. The number of piperidine rings is 1. The van der Waals surface area contributed by atoms with E-state index in [4.69, 9.17) is 16.0 Å². The number of aryl methyl sites for hydroxylation is 1.